The number of carboxylic acid groups (broad SMARTS) is 1. The van der Waals surface area contributed by atoms with Crippen molar-refractivity contribution in [3.05, 3.63) is 60.2 Å². The molecule has 4 N–H and O–H groups in total. The lowest BCUT2D eigenvalue weighted by Crippen LogP contribution is -2.41. The maximum Gasteiger partial charge on any atom is 0.326 e. The van der Waals surface area contributed by atoms with Crippen molar-refractivity contribution in [2.24, 2.45) is 5.73 Å². The lowest BCUT2D eigenvalue weighted by Gasteiger charge is -2.14. The molecule has 7 heteroatoms. The lowest BCUT2D eigenvalue weighted by atomic mass is 10.1. The number of nitrogens with one attached hydrogen (secondary N) is 1. The van der Waals surface area contributed by atoms with E-state index >= 15 is 0 Å². The summed E-state index contributed by atoms with van der Waals surface area (Å²) in [5, 5.41) is 11.5. The van der Waals surface area contributed by atoms with Gasteiger partial charge in [-0.2, -0.15) is 0 Å². The van der Waals surface area contributed by atoms with Gasteiger partial charge in [0.1, 0.15) is 17.5 Å². The Kier molecular flexibility index (Phi) is 6.11. The number of carbonyl (C=O) groups is 3. The molecule has 0 aromatic heterocycles. The summed E-state index contributed by atoms with van der Waals surface area (Å²) in [4.78, 5) is 34.1. The molecule has 0 aliphatic heterocycles. The fraction of sp³-hybridized carbons (Fsp3) is 0.167. The molecule has 0 saturated heterocycles. The Morgan fingerprint density at radius 2 is 1.60 bits per heavy atom. The van der Waals surface area contributed by atoms with Crippen LogP contribution in [0.5, 0.6) is 11.5 Å². The fourth-order valence-corrected chi connectivity index (χ4v) is 2.08. The van der Waals surface area contributed by atoms with Gasteiger partial charge in [-0.05, 0) is 42.8 Å². The predicted octanol–water partition coefficient (Wildman–Crippen LogP) is 1.93. The molecule has 7 nitrogen and oxygen atoms in total. The molecule has 130 valence electrons. The molecule has 2 aromatic carbocycles. The van der Waals surface area contributed by atoms with Crippen LogP contribution in [0, 0.1) is 0 Å². The first kappa shape index (κ1) is 18.0. The zero-order valence-electron chi connectivity index (χ0n) is 13.3. The van der Waals surface area contributed by atoms with Crippen LogP contribution in [-0.4, -0.2) is 28.9 Å². The quantitative estimate of drug-likeness (QED) is 0.677. The first-order valence-corrected chi connectivity index (χ1v) is 7.60. The third-order valence-corrected chi connectivity index (χ3v) is 3.38. The predicted molar refractivity (Wildman–Crippen MR) is 90.3 cm³/mol. The van der Waals surface area contributed by atoms with Crippen LogP contribution >= 0.6 is 0 Å². The molecule has 0 spiro atoms. The van der Waals surface area contributed by atoms with Crippen molar-refractivity contribution < 1.29 is 24.2 Å². The molecule has 0 aliphatic carbocycles. The third-order valence-electron chi connectivity index (χ3n) is 3.38. The number of nitrogens with two attached hydrogens (primary N) is 1. The van der Waals surface area contributed by atoms with E-state index in [1.54, 1.807) is 24.3 Å². The first-order chi connectivity index (χ1) is 12.0. The molecule has 0 unspecified atom stereocenters. The second-order valence-corrected chi connectivity index (χ2v) is 5.31. The van der Waals surface area contributed by atoms with Gasteiger partial charge in [0.2, 0.25) is 5.91 Å². The van der Waals surface area contributed by atoms with Crippen LogP contribution in [0.3, 0.4) is 0 Å². The van der Waals surface area contributed by atoms with Crippen molar-refractivity contribution in [2.45, 2.75) is 18.9 Å². The third kappa shape index (κ3) is 5.65. The van der Waals surface area contributed by atoms with E-state index in [1.165, 1.54) is 12.1 Å². The minimum Gasteiger partial charge on any atom is -0.480 e. The van der Waals surface area contributed by atoms with Crippen LogP contribution in [-0.2, 0) is 9.59 Å². The Bertz CT molecular complexity index is 744. The van der Waals surface area contributed by atoms with E-state index in [2.05, 4.69) is 5.32 Å². The van der Waals surface area contributed by atoms with Crippen LogP contribution < -0.4 is 15.8 Å². The minimum absolute atomic E-state index is 0.0639. The van der Waals surface area contributed by atoms with Crippen LogP contribution in [0.4, 0.5) is 0 Å². The van der Waals surface area contributed by atoms with Gasteiger partial charge in [0.05, 0.1) is 0 Å². The lowest BCUT2D eigenvalue weighted by molar-refractivity contribution is -0.139. The zero-order chi connectivity index (χ0) is 18.2. The average molecular weight is 342 g/mol. The van der Waals surface area contributed by atoms with Crippen LogP contribution in [0.2, 0.25) is 0 Å². The number of carbonyl (C=O) groups excluding carboxylic acids is 2. The maximum absolute atomic E-state index is 12.1. The summed E-state index contributed by atoms with van der Waals surface area (Å²) < 4.78 is 5.62. The van der Waals surface area contributed by atoms with E-state index < -0.39 is 23.8 Å². The molecule has 25 heavy (non-hydrogen) atoms. The van der Waals surface area contributed by atoms with Gasteiger partial charge >= 0.3 is 5.97 Å². The number of rotatable bonds is 8. The molecule has 0 saturated carbocycles. The number of primary amides is 1. The fourth-order valence-electron chi connectivity index (χ4n) is 2.08. The molecule has 0 aliphatic rings. The summed E-state index contributed by atoms with van der Waals surface area (Å²) in [6.45, 7) is 0. The Morgan fingerprint density at radius 1 is 1.00 bits per heavy atom. The van der Waals surface area contributed by atoms with Crippen molar-refractivity contribution in [1.82, 2.24) is 5.32 Å². The van der Waals surface area contributed by atoms with Gasteiger partial charge in [0.15, 0.2) is 0 Å². The van der Waals surface area contributed by atoms with Gasteiger partial charge in [0.25, 0.3) is 5.91 Å². The second-order valence-electron chi connectivity index (χ2n) is 5.31. The number of para-hydroxylation sites is 1. The highest BCUT2D eigenvalue weighted by Crippen LogP contribution is 2.21. The first-order valence-electron chi connectivity index (χ1n) is 7.60. The number of aliphatic carboxylic acids is 1. The van der Waals surface area contributed by atoms with E-state index in [-0.39, 0.29) is 18.4 Å². The van der Waals surface area contributed by atoms with Gasteiger partial charge in [-0.25, -0.2) is 4.79 Å². The Hall–Kier alpha value is -3.35. The molecule has 0 fully saturated rings. The standard InChI is InChI=1S/C18H18N2O5/c19-16(21)11-10-15(18(23)24)20-17(22)12-6-8-14(9-7-12)25-13-4-2-1-3-5-13/h1-9,15H,10-11H2,(H2,19,21)(H,20,22)(H,23,24)/t15-/m0/s1. The van der Waals surface area contributed by atoms with Crippen molar-refractivity contribution in [3.63, 3.8) is 0 Å². The minimum atomic E-state index is -1.22. The largest absolute Gasteiger partial charge is 0.480 e. The van der Waals surface area contributed by atoms with Crippen molar-refractivity contribution >= 4 is 17.8 Å². The second kappa shape index (κ2) is 8.49. The van der Waals surface area contributed by atoms with Gasteiger partial charge in [-0.15, -0.1) is 0 Å². The number of hydrogen-bond acceptors (Lipinski definition) is 4. The highest BCUT2D eigenvalue weighted by atomic mass is 16.5. The summed E-state index contributed by atoms with van der Waals surface area (Å²) in [5.74, 6) is -1.19. The number of ether oxygens (including phenoxy) is 1. The highest BCUT2D eigenvalue weighted by molar-refractivity contribution is 5.96. The summed E-state index contributed by atoms with van der Waals surface area (Å²) in [5.41, 5.74) is 5.29. The molecule has 2 rings (SSSR count). The van der Waals surface area contributed by atoms with E-state index in [0.717, 1.165) is 0 Å². The average Bonchev–Trinajstić information content (AvgIpc) is 2.59. The number of carboxylic acids is 1. The van der Waals surface area contributed by atoms with Gasteiger partial charge < -0.3 is 20.9 Å². The molecule has 0 heterocycles. The number of amides is 2. The molecule has 2 amide bonds. The van der Waals surface area contributed by atoms with E-state index in [4.69, 9.17) is 15.6 Å². The van der Waals surface area contributed by atoms with E-state index in [9.17, 15) is 14.4 Å². The SMILES string of the molecule is NC(=O)CC[C@H](NC(=O)c1ccc(Oc2ccccc2)cc1)C(=O)O. The monoisotopic (exact) mass is 342 g/mol. The Balaban J connectivity index is 1.99. The Morgan fingerprint density at radius 3 is 2.16 bits per heavy atom. The molecule has 0 bridgehead atoms. The number of hydrogen-bond donors (Lipinski definition) is 3. The van der Waals surface area contributed by atoms with Crippen molar-refractivity contribution in [1.29, 1.82) is 0 Å². The van der Waals surface area contributed by atoms with Gasteiger partial charge in [0, 0.05) is 12.0 Å². The van der Waals surface area contributed by atoms with E-state index in [1.807, 2.05) is 18.2 Å². The van der Waals surface area contributed by atoms with Crippen molar-refractivity contribution in [2.75, 3.05) is 0 Å². The Labute approximate surface area is 144 Å². The van der Waals surface area contributed by atoms with E-state index in [0.29, 0.717) is 11.5 Å². The topological polar surface area (TPSA) is 119 Å². The molecule has 0 radical (unpaired) electrons. The zero-order valence-corrected chi connectivity index (χ0v) is 13.3. The van der Waals surface area contributed by atoms with Crippen LogP contribution in [0.15, 0.2) is 54.6 Å². The summed E-state index contributed by atoms with van der Waals surface area (Å²) in [7, 11) is 0. The summed E-state index contributed by atoms with van der Waals surface area (Å²) in [6, 6.07) is 14.3. The molecule has 1 atom stereocenters. The van der Waals surface area contributed by atoms with Crippen LogP contribution in [0.25, 0.3) is 0 Å². The van der Waals surface area contributed by atoms with Gasteiger partial charge in [-0.1, -0.05) is 18.2 Å². The summed E-state index contributed by atoms with van der Waals surface area (Å²) in [6.07, 6.45) is -0.188. The molecular weight excluding hydrogens is 324 g/mol. The highest BCUT2D eigenvalue weighted by Gasteiger charge is 2.21. The van der Waals surface area contributed by atoms with Crippen LogP contribution in [0.1, 0.15) is 23.2 Å². The molecular formula is C18H18N2O5. The van der Waals surface area contributed by atoms with Gasteiger partial charge in [-0.3, -0.25) is 9.59 Å². The summed E-state index contributed by atoms with van der Waals surface area (Å²) >= 11 is 0. The van der Waals surface area contributed by atoms with Crippen molar-refractivity contribution in [3.8, 4) is 11.5 Å². The smallest absolute Gasteiger partial charge is 0.326 e. The number of benzene rings is 2. The molecule has 2 aromatic rings. The normalized spacial score (nSPS) is 11.4. The maximum atomic E-state index is 12.1.